The molecule has 7 aromatic rings. The summed E-state index contributed by atoms with van der Waals surface area (Å²) >= 11 is 0. The van der Waals surface area contributed by atoms with Crippen LogP contribution in [-0.4, -0.2) is 0 Å². The van der Waals surface area contributed by atoms with Gasteiger partial charge in [-0.05, 0) is 84.3 Å². The number of rotatable bonds is 4. The zero-order chi connectivity index (χ0) is 25.3. The molecule has 0 radical (unpaired) electrons. The molecule has 0 spiro atoms. The Labute approximate surface area is 223 Å². The summed E-state index contributed by atoms with van der Waals surface area (Å²) in [4.78, 5) is 0. The molecule has 0 nitrogen and oxygen atoms in total. The summed E-state index contributed by atoms with van der Waals surface area (Å²) in [5.41, 5.74) is 9.90. The molecular formula is C38H26. The smallest absolute Gasteiger partial charge is 0.00926 e. The molecule has 0 saturated heterocycles. The topological polar surface area (TPSA) is 0 Å². The van der Waals surface area contributed by atoms with E-state index in [9.17, 15) is 0 Å². The van der Waals surface area contributed by atoms with Gasteiger partial charge in [-0.25, -0.2) is 0 Å². The van der Waals surface area contributed by atoms with Crippen molar-refractivity contribution < 1.29 is 0 Å². The lowest BCUT2D eigenvalue weighted by Crippen LogP contribution is -1.90. The van der Waals surface area contributed by atoms with Gasteiger partial charge in [0.05, 0.1) is 0 Å². The van der Waals surface area contributed by atoms with Crippen LogP contribution in [0.2, 0.25) is 0 Å². The van der Waals surface area contributed by atoms with Crippen LogP contribution in [-0.2, 0) is 0 Å². The minimum absolute atomic E-state index is 1.22. The minimum Gasteiger partial charge on any atom is -0.0622 e. The van der Waals surface area contributed by atoms with Crippen LogP contribution in [0.15, 0.2) is 158 Å². The molecule has 38 heavy (non-hydrogen) atoms. The van der Waals surface area contributed by atoms with Gasteiger partial charge in [-0.2, -0.15) is 0 Å². The van der Waals surface area contributed by atoms with E-state index in [0.29, 0.717) is 0 Å². The monoisotopic (exact) mass is 482 g/mol. The van der Waals surface area contributed by atoms with Crippen LogP contribution in [0.5, 0.6) is 0 Å². The molecule has 0 bridgehead atoms. The lowest BCUT2D eigenvalue weighted by Gasteiger charge is -2.17. The van der Waals surface area contributed by atoms with Crippen molar-refractivity contribution in [1.82, 2.24) is 0 Å². The summed E-state index contributed by atoms with van der Waals surface area (Å²) in [5.74, 6) is 0. The first kappa shape index (κ1) is 22.3. The third kappa shape index (κ3) is 3.97. The maximum atomic E-state index is 2.39. The van der Waals surface area contributed by atoms with E-state index in [2.05, 4.69) is 158 Å². The fraction of sp³-hybridized carbons (Fsp3) is 0. The lowest BCUT2D eigenvalue weighted by atomic mass is 9.86. The van der Waals surface area contributed by atoms with Crippen LogP contribution in [0.25, 0.3) is 66.1 Å². The number of fused-ring (bicyclic) bond motifs is 3. The Morgan fingerprint density at radius 3 is 1.42 bits per heavy atom. The Morgan fingerprint density at radius 2 is 0.763 bits per heavy atom. The minimum atomic E-state index is 1.22. The molecule has 0 N–H and O–H groups in total. The molecule has 0 aliphatic heterocycles. The van der Waals surface area contributed by atoms with Gasteiger partial charge in [0.2, 0.25) is 0 Å². The van der Waals surface area contributed by atoms with Gasteiger partial charge in [-0.15, -0.1) is 0 Å². The van der Waals surface area contributed by atoms with Crippen molar-refractivity contribution in [2.75, 3.05) is 0 Å². The predicted molar refractivity (Wildman–Crippen MR) is 163 cm³/mol. The van der Waals surface area contributed by atoms with Gasteiger partial charge in [0.25, 0.3) is 0 Å². The molecule has 0 aliphatic carbocycles. The van der Waals surface area contributed by atoms with Crippen molar-refractivity contribution in [3.05, 3.63) is 158 Å². The largest absolute Gasteiger partial charge is 0.0622 e. The van der Waals surface area contributed by atoms with Crippen molar-refractivity contribution in [3.8, 4) is 44.5 Å². The molecule has 0 heterocycles. The summed E-state index contributed by atoms with van der Waals surface area (Å²) in [6.45, 7) is 0. The van der Waals surface area contributed by atoms with Crippen molar-refractivity contribution in [2.24, 2.45) is 0 Å². The van der Waals surface area contributed by atoms with Gasteiger partial charge in [0.15, 0.2) is 0 Å². The van der Waals surface area contributed by atoms with Gasteiger partial charge in [0.1, 0.15) is 0 Å². The average Bonchev–Trinajstić information content (AvgIpc) is 3.01. The van der Waals surface area contributed by atoms with Gasteiger partial charge < -0.3 is 0 Å². The standard InChI is InChI=1S/C38H26/c1-4-12-27(13-5-1)30-20-23-34-32(24-30)26-38(36-19-11-10-18-35(34)36)37-25-31(28-14-6-2-7-15-28)21-22-33(37)29-16-8-3-9-17-29/h1-26H. The summed E-state index contributed by atoms with van der Waals surface area (Å²) in [5, 5.41) is 5.09. The first-order valence-corrected chi connectivity index (χ1v) is 13.1. The predicted octanol–water partition coefficient (Wildman–Crippen LogP) is 10.7. The molecule has 0 aromatic heterocycles. The highest BCUT2D eigenvalue weighted by Crippen LogP contribution is 2.42. The van der Waals surface area contributed by atoms with E-state index in [1.165, 1.54) is 66.1 Å². The fourth-order valence-corrected chi connectivity index (χ4v) is 5.59. The number of benzene rings is 7. The Hall–Kier alpha value is -4.94. The average molecular weight is 483 g/mol. The van der Waals surface area contributed by atoms with Gasteiger partial charge >= 0.3 is 0 Å². The highest BCUT2D eigenvalue weighted by Gasteiger charge is 2.15. The molecule has 7 aromatic carbocycles. The van der Waals surface area contributed by atoms with Crippen LogP contribution in [0, 0.1) is 0 Å². The SMILES string of the molecule is c1ccc(-c2ccc(-c3ccccc3)c(-c3cc4cc(-c5ccccc5)ccc4c4ccccc34)c2)cc1. The van der Waals surface area contributed by atoms with Crippen LogP contribution < -0.4 is 0 Å². The molecule has 0 atom stereocenters. The van der Waals surface area contributed by atoms with Crippen LogP contribution in [0.3, 0.4) is 0 Å². The van der Waals surface area contributed by atoms with Gasteiger partial charge in [0, 0.05) is 0 Å². The molecule has 7 rings (SSSR count). The zero-order valence-electron chi connectivity index (χ0n) is 21.0. The summed E-state index contributed by atoms with van der Waals surface area (Å²) in [6.07, 6.45) is 0. The normalized spacial score (nSPS) is 11.2. The highest BCUT2D eigenvalue weighted by atomic mass is 14.2. The first-order valence-electron chi connectivity index (χ1n) is 13.1. The summed E-state index contributed by atoms with van der Waals surface area (Å²) in [6, 6.07) is 57.0. The van der Waals surface area contributed by atoms with Crippen molar-refractivity contribution >= 4 is 21.5 Å². The van der Waals surface area contributed by atoms with Crippen molar-refractivity contribution in [1.29, 1.82) is 0 Å². The van der Waals surface area contributed by atoms with Crippen molar-refractivity contribution in [3.63, 3.8) is 0 Å². The van der Waals surface area contributed by atoms with E-state index >= 15 is 0 Å². The molecule has 0 unspecified atom stereocenters. The van der Waals surface area contributed by atoms with E-state index in [0.717, 1.165) is 0 Å². The number of hydrogen-bond donors (Lipinski definition) is 0. The van der Waals surface area contributed by atoms with Gasteiger partial charge in [-0.3, -0.25) is 0 Å². The molecule has 0 aliphatic rings. The zero-order valence-corrected chi connectivity index (χ0v) is 21.0. The third-order valence-electron chi connectivity index (χ3n) is 7.47. The van der Waals surface area contributed by atoms with Gasteiger partial charge in [-0.1, -0.05) is 140 Å². The van der Waals surface area contributed by atoms with E-state index in [1.54, 1.807) is 0 Å². The Kier molecular flexibility index (Phi) is 5.57. The second-order valence-corrected chi connectivity index (χ2v) is 9.76. The maximum Gasteiger partial charge on any atom is -0.00926 e. The Bertz CT molecular complexity index is 1880. The fourth-order valence-electron chi connectivity index (χ4n) is 5.59. The van der Waals surface area contributed by atoms with Crippen LogP contribution in [0.4, 0.5) is 0 Å². The second kappa shape index (κ2) is 9.50. The number of hydrogen-bond acceptors (Lipinski definition) is 0. The Morgan fingerprint density at radius 1 is 0.237 bits per heavy atom. The molecule has 178 valence electrons. The van der Waals surface area contributed by atoms with Crippen molar-refractivity contribution in [2.45, 2.75) is 0 Å². The molecule has 0 fully saturated rings. The summed E-state index contributed by atoms with van der Waals surface area (Å²) in [7, 11) is 0. The maximum absolute atomic E-state index is 2.39. The lowest BCUT2D eigenvalue weighted by molar-refractivity contribution is 1.58. The quantitative estimate of drug-likeness (QED) is 0.219. The third-order valence-corrected chi connectivity index (χ3v) is 7.47. The molecule has 0 heteroatoms. The Balaban J connectivity index is 1.54. The van der Waals surface area contributed by atoms with E-state index in [1.807, 2.05) is 0 Å². The van der Waals surface area contributed by atoms with E-state index < -0.39 is 0 Å². The highest BCUT2D eigenvalue weighted by molar-refractivity contribution is 6.15. The van der Waals surface area contributed by atoms with Crippen LogP contribution in [0.1, 0.15) is 0 Å². The summed E-state index contributed by atoms with van der Waals surface area (Å²) < 4.78 is 0. The molecule has 0 amide bonds. The van der Waals surface area contributed by atoms with E-state index in [4.69, 9.17) is 0 Å². The van der Waals surface area contributed by atoms with Crippen LogP contribution >= 0.6 is 0 Å². The van der Waals surface area contributed by atoms with E-state index in [-0.39, 0.29) is 0 Å². The second-order valence-electron chi connectivity index (χ2n) is 9.76. The first-order chi connectivity index (χ1) is 18.8. The molecular weight excluding hydrogens is 456 g/mol. The molecule has 0 saturated carbocycles.